The molecule has 26 heavy (non-hydrogen) atoms. The average Bonchev–Trinajstić information content (AvgIpc) is 3.28. The van der Waals surface area contributed by atoms with Crippen LogP contribution in [0.3, 0.4) is 0 Å². The number of anilines is 1. The van der Waals surface area contributed by atoms with Gasteiger partial charge in [0.25, 0.3) is 11.8 Å². The number of imidazole rings is 1. The Balaban J connectivity index is 1.67. The van der Waals surface area contributed by atoms with Crippen molar-refractivity contribution in [1.29, 1.82) is 0 Å². The zero-order valence-electron chi connectivity index (χ0n) is 14.7. The van der Waals surface area contributed by atoms with Crippen LogP contribution in [0.4, 0.5) is 5.82 Å². The van der Waals surface area contributed by atoms with Crippen molar-refractivity contribution in [2.45, 2.75) is 18.8 Å². The summed E-state index contributed by atoms with van der Waals surface area (Å²) in [5, 5.41) is 6.82. The molecule has 1 saturated heterocycles. The molecular weight excluding hydrogens is 336 g/mol. The van der Waals surface area contributed by atoms with Gasteiger partial charge in [-0.05, 0) is 12.8 Å². The molecule has 0 unspecified atom stereocenters. The molecule has 0 spiro atoms. The molecular formula is C17H20N6O3. The van der Waals surface area contributed by atoms with Crippen molar-refractivity contribution in [1.82, 2.24) is 24.1 Å². The minimum Gasteiger partial charge on any atom is -0.478 e. The predicted octanol–water partition coefficient (Wildman–Crippen LogP) is 1.62. The van der Waals surface area contributed by atoms with E-state index in [4.69, 9.17) is 9.47 Å². The van der Waals surface area contributed by atoms with Gasteiger partial charge in [-0.3, -0.25) is 13.9 Å². The van der Waals surface area contributed by atoms with E-state index in [2.05, 4.69) is 20.4 Å². The zero-order valence-corrected chi connectivity index (χ0v) is 14.7. The molecule has 3 aromatic rings. The molecule has 4 heterocycles. The number of carbonyl (C=O) groups is 1. The van der Waals surface area contributed by atoms with E-state index in [-0.39, 0.29) is 11.6 Å². The number of carbonyl (C=O) groups excluding carboxylic acids is 1. The molecule has 0 saturated carbocycles. The van der Waals surface area contributed by atoms with Crippen molar-refractivity contribution < 1.29 is 14.3 Å². The van der Waals surface area contributed by atoms with Gasteiger partial charge in [-0.2, -0.15) is 5.10 Å². The molecule has 1 amide bonds. The monoisotopic (exact) mass is 356 g/mol. The second-order valence-electron chi connectivity index (χ2n) is 6.21. The van der Waals surface area contributed by atoms with Crippen molar-refractivity contribution in [3.8, 4) is 5.88 Å². The van der Waals surface area contributed by atoms with E-state index in [0.29, 0.717) is 23.3 Å². The summed E-state index contributed by atoms with van der Waals surface area (Å²) in [6, 6.07) is 1.72. The zero-order chi connectivity index (χ0) is 18.1. The molecule has 0 atom stereocenters. The smallest absolute Gasteiger partial charge is 0.277 e. The van der Waals surface area contributed by atoms with E-state index in [1.807, 2.05) is 6.20 Å². The van der Waals surface area contributed by atoms with E-state index in [9.17, 15) is 4.79 Å². The van der Waals surface area contributed by atoms with Crippen LogP contribution < -0.4 is 10.1 Å². The number of hydrogen-bond donors (Lipinski definition) is 1. The van der Waals surface area contributed by atoms with Crippen molar-refractivity contribution in [3.05, 3.63) is 36.0 Å². The maximum atomic E-state index is 12.6. The summed E-state index contributed by atoms with van der Waals surface area (Å²) in [5.74, 6) is 0.917. The Morgan fingerprint density at radius 1 is 1.31 bits per heavy atom. The van der Waals surface area contributed by atoms with Gasteiger partial charge in [-0.1, -0.05) is 0 Å². The summed E-state index contributed by atoms with van der Waals surface area (Å²) < 4.78 is 14.2. The lowest BCUT2D eigenvalue weighted by atomic mass is 9.97. The molecule has 1 fully saturated rings. The molecule has 0 bridgehead atoms. The van der Waals surface area contributed by atoms with Crippen LogP contribution in [0.2, 0.25) is 0 Å². The second kappa shape index (κ2) is 6.75. The van der Waals surface area contributed by atoms with Crippen LogP contribution in [0.5, 0.6) is 5.88 Å². The van der Waals surface area contributed by atoms with Crippen LogP contribution in [0.25, 0.3) is 5.65 Å². The van der Waals surface area contributed by atoms with Crippen molar-refractivity contribution >= 4 is 17.4 Å². The lowest BCUT2D eigenvalue weighted by Gasteiger charge is -2.19. The van der Waals surface area contributed by atoms with E-state index >= 15 is 0 Å². The van der Waals surface area contributed by atoms with Gasteiger partial charge < -0.3 is 14.8 Å². The number of amides is 1. The SMILES string of the molecule is COc1nc(C(=O)Nc2ccnn2C)cn2cc(C3CCOCC3)nc12. The molecule has 0 aliphatic carbocycles. The van der Waals surface area contributed by atoms with Gasteiger partial charge in [-0.15, -0.1) is 0 Å². The lowest BCUT2D eigenvalue weighted by molar-refractivity contribution is 0.0846. The highest BCUT2D eigenvalue weighted by Gasteiger charge is 2.22. The average molecular weight is 356 g/mol. The Bertz CT molecular complexity index is 941. The highest BCUT2D eigenvalue weighted by atomic mass is 16.5. The van der Waals surface area contributed by atoms with Gasteiger partial charge in [0.2, 0.25) is 5.65 Å². The van der Waals surface area contributed by atoms with Crippen LogP contribution in [-0.4, -0.2) is 50.4 Å². The molecule has 1 aliphatic rings. The summed E-state index contributed by atoms with van der Waals surface area (Å²) in [6.45, 7) is 1.48. The first kappa shape index (κ1) is 16.5. The standard InChI is InChI=1S/C17H20N6O3/c1-22-14(3-6-18-22)21-16(24)13-10-23-9-12(11-4-7-26-8-5-11)19-15(23)17(20-13)25-2/h3,6,9-11H,4-5,7-8H2,1-2H3,(H,21,24). The summed E-state index contributed by atoms with van der Waals surface area (Å²) in [5.41, 5.74) is 1.81. The van der Waals surface area contributed by atoms with E-state index in [0.717, 1.165) is 31.7 Å². The molecule has 0 aromatic carbocycles. The first-order valence-corrected chi connectivity index (χ1v) is 8.46. The van der Waals surface area contributed by atoms with Crippen LogP contribution in [-0.2, 0) is 11.8 Å². The fraction of sp³-hybridized carbons (Fsp3) is 0.412. The second-order valence-corrected chi connectivity index (χ2v) is 6.21. The van der Waals surface area contributed by atoms with E-state index in [1.54, 1.807) is 34.6 Å². The quantitative estimate of drug-likeness (QED) is 0.763. The third-order valence-electron chi connectivity index (χ3n) is 4.55. The van der Waals surface area contributed by atoms with E-state index < -0.39 is 0 Å². The summed E-state index contributed by atoms with van der Waals surface area (Å²) in [4.78, 5) is 21.6. The van der Waals surface area contributed by atoms with Gasteiger partial charge in [0.05, 0.1) is 19.0 Å². The highest BCUT2D eigenvalue weighted by Crippen LogP contribution is 2.28. The van der Waals surface area contributed by atoms with Gasteiger partial charge >= 0.3 is 0 Å². The van der Waals surface area contributed by atoms with Crippen LogP contribution >= 0.6 is 0 Å². The minimum absolute atomic E-state index is 0.242. The Kier molecular flexibility index (Phi) is 4.29. The fourth-order valence-corrected chi connectivity index (χ4v) is 3.10. The number of rotatable bonds is 4. The fourth-order valence-electron chi connectivity index (χ4n) is 3.10. The Labute approximate surface area is 150 Å². The topological polar surface area (TPSA) is 95.6 Å². The van der Waals surface area contributed by atoms with Crippen LogP contribution in [0.1, 0.15) is 34.9 Å². The number of aryl methyl sites for hydroxylation is 1. The Morgan fingerprint density at radius 3 is 2.81 bits per heavy atom. The van der Waals surface area contributed by atoms with Crippen molar-refractivity contribution in [2.75, 3.05) is 25.6 Å². The highest BCUT2D eigenvalue weighted by molar-refractivity contribution is 6.02. The third kappa shape index (κ3) is 3.01. The first-order valence-electron chi connectivity index (χ1n) is 8.46. The molecule has 136 valence electrons. The number of ether oxygens (including phenoxy) is 2. The summed E-state index contributed by atoms with van der Waals surface area (Å²) in [7, 11) is 3.27. The third-order valence-corrected chi connectivity index (χ3v) is 4.55. The number of methoxy groups -OCH3 is 1. The van der Waals surface area contributed by atoms with Crippen LogP contribution in [0, 0.1) is 0 Å². The number of fused-ring (bicyclic) bond motifs is 1. The Morgan fingerprint density at radius 2 is 2.12 bits per heavy atom. The molecule has 0 radical (unpaired) electrons. The van der Waals surface area contributed by atoms with Crippen molar-refractivity contribution in [2.24, 2.45) is 7.05 Å². The van der Waals surface area contributed by atoms with Gasteiger partial charge in [0, 0.05) is 44.6 Å². The van der Waals surface area contributed by atoms with E-state index in [1.165, 1.54) is 7.11 Å². The number of nitrogens with zero attached hydrogens (tertiary/aromatic N) is 5. The summed E-state index contributed by atoms with van der Waals surface area (Å²) >= 11 is 0. The number of hydrogen-bond acceptors (Lipinski definition) is 6. The molecule has 4 rings (SSSR count). The largest absolute Gasteiger partial charge is 0.478 e. The van der Waals surface area contributed by atoms with Gasteiger partial charge in [0.15, 0.2) is 0 Å². The normalized spacial score (nSPS) is 15.3. The number of nitrogens with one attached hydrogen (secondary N) is 1. The molecule has 9 nitrogen and oxygen atoms in total. The minimum atomic E-state index is -0.338. The van der Waals surface area contributed by atoms with Crippen molar-refractivity contribution in [3.63, 3.8) is 0 Å². The molecule has 9 heteroatoms. The van der Waals surface area contributed by atoms with Gasteiger partial charge in [-0.25, -0.2) is 9.97 Å². The maximum absolute atomic E-state index is 12.6. The number of aromatic nitrogens is 5. The first-order chi connectivity index (χ1) is 12.7. The summed E-state index contributed by atoms with van der Waals surface area (Å²) in [6.07, 6.45) is 7.10. The maximum Gasteiger partial charge on any atom is 0.277 e. The lowest BCUT2D eigenvalue weighted by Crippen LogP contribution is -2.17. The molecule has 3 aromatic heterocycles. The molecule has 1 aliphatic heterocycles. The van der Waals surface area contributed by atoms with Gasteiger partial charge in [0.1, 0.15) is 11.5 Å². The van der Waals surface area contributed by atoms with Crippen LogP contribution in [0.15, 0.2) is 24.7 Å². The Hall–Kier alpha value is -2.94. The molecule has 1 N–H and O–H groups in total. The predicted molar refractivity (Wildman–Crippen MR) is 93.5 cm³/mol.